The first-order valence-electron chi connectivity index (χ1n) is 27.3. The van der Waals surface area contributed by atoms with Gasteiger partial charge in [0.25, 0.3) is 0 Å². The second-order valence-corrected chi connectivity index (χ2v) is 18.7. The van der Waals surface area contributed by atoms with Crippen LogP contribution in [0.3, 0.4) is 0 Å². The first-order valence-corrected chi connectivity index (χ1v) is 27.3. The summed E-state index contributed by atoms with van der Waals surface area (Å²) >= 11 is 0. The Bertz CT molecular complexity index is 2380. The van der Waals surface area contributed by atoms with E-state index in [1.165, 1.54) is 24.0 Å². The Kier molecular flexibility index (Phi) is 31.9. The molecule has 4 aliphatic rings. The number of guanidine groups is 2. The zero-order valence-electron chi connectivity index (χ0n) is 48.4. The smallest absolute Gasteiger partial charge is 0.479 e. The minimum Gasteiger partial charge on any atom is -0.479 e. The molecule has 34 nitrogen and oxygen atoms in total. The highest BCUT2D eigenvalue weighted by molar-refractivity contribution is 5.87. The Hall–Kier alpha value is -7.94. The van der Waals surface area contributed by atoms with E-state index >= 15 is 0 Å². The number of nitrogens with one attached hydrogen (secondary N) is 2. The fourth-order valence-electron chi connectivity index (χ4n) is 8.48. The third kappa shape index (κ3) is 25.3. The predicted molar refractivity (Wildman–Crippen MR) is 291 cm³/mol. The quantitative estimate of drug-likeness (QED) is 0.00898. The normalized spacial score (nSPS) is 21.9. The molecule has 0 aromatic rings. The van der Waals surface area contributed by atoms with Crippen LogP contribution in [0.2, 0.25) is 0 Å². The van der Waals surface area contributed by atoms with Crippen molar-refractivity contribution in [1.29, 1.82) is 0 Å². The molecule has 4 aliphatic heterocycles. The summed E-state index contributed by atoms with van der Waals surface area (Å²) in [5, 5.41) is 5.14. The number of cyclic esters (lactones) is 4. The number of hydrogen-bond acceptors (Lipinski definition) is 27. The van der Waals surface area contributed by atoms with E-state index < -0.39 is 121 Å². The summed E-state index contributed by atoms with van der Waals surface area (Å²) in [5.41, 5.74) is 22.6. The van der Waals surface area contributed by atoms with E-state index in [4.69, 9.17) is 110 Å². The van der Waals surface area contributed by atoms with E-state index in [2.05, 4.69) is 26.5 Å². The summed E-state index contributed by atoms with van der Waals surface area (Å²) in [6, 6.07) is -3.13. The maximum absolute atomic E-state index is 13.4. The summed E-state index contributed by atoms with van der Waals surface area (Å²) in [7, 11) is 2.24. The number of rotatable bonds is 40. The molecule has 0 bridgehead atoms. The van der Waals surface area contributed by atoms with Gasteiger partial charge in [-0.05, 0) is 18.6 Å². The first-order chi connectivity index (χ1) is 41.3. The zero-order valence-corrected chi connectivity index (χ0v) is 48.4. The van der Waals surface area contributed by atoms with Crippen LogP contribution in [0, 0.1) is 18.3 Å². The van der Waals surface area contributed by atoms with Gasteiger partial charge in [-0.25, -0.2) is 34.0 Å². The molecule has 0 aromatic carbocycles. The topological polar surface area (TPSA) is 450 Å². The maximum Gasteiger partial charge on any atom is 0.508 e. The molecule has 482 valence electrons. The minimum absolute atomic E-state index is 0.0104. The molecule has 2 saturated heterocycles. The van der Waals surface area contributed by atoms with E-state index in [1.807, 2.05) is 0 Å². The number of nitrogens with zero attached hydrogens (tertiary/aromatic N) is 3. The van der Waals surface area contributed by atoms with Crippen LogP contribution in [0.5, 0.6) is 0 Å². The van der Waals surface area contributed by atoms with Gasteiger partial charge in [0.2, 0.25) is 23.3 Å². The van der Waals surface area contributed by atoms with Crippen LogP contribution in [-0.4, -0.2) is 259 Å². The fraction of sp³-hybridized carbons (Fsp3) is 0.692. The molecule has 0 aromatic heterocycles. The molecule has 4 heterocycles. The van der Waals surface area contributed by atoms with Crippen molar-refractivity contribution in [3.05, 3.63) is 23.7 Å². The van der Waals surface area contributed by atoms with Crippen molar-refractivity contribution in [3.63, 3.8) is 0 Å². The van der Waals surface area contributed by atoms with Gasteiger partial charge >= 0.3 is 36.3 Å². The van der Waals surface area contributed by atoms with E-state index in [0.717, 1.165) is 14.2 Å². The summed E-state index contributed by atoms with van der Waals surface area (Å²) in [6.45, 7) is 4.91. The minimum atomic E-state index is -1.53. The monoisotopic (exact) mass is 1230 g/mol. The molecule has 0 unspecified atom stereocenters. The van der Waals surface area contributed by atoms with Gasteiger partial charge in [0.15, 0.2) is 42.4 Å². The second-order valence-electron chi connectivity index (χ2n) is 18.7. The van der Waals surface area contributed by atoms with Gasteiger partial charge in [-0.15, -0.1) is 6.42 Å². The molecule has 0 saturated carbocycles. The highest BCUT2D eigenvalue weighted by Gasteiger charge is 2.51. The molecule has 34 heteroatoms. The van der Waals surface area contributed by atoms with E-state index in [-0.39, 0.29) is 129 Å². The number of ether oxygens (including phenoxy) is 17. The fourth-order valence-corrected chi connectivity index (χ4v) is 8.48. The van der Waals surface area contributed by atoms with Crippen molar-refractivity contribution in [3.8, 4) is 12.3 Å². The number of nitrogens with two attached hydrogens (primary N) is 4. The van der Waals surface area contributed by atoms with Crippen molar-refractivity contribution < 1.29 is 119 Å². The molecule has 10 N–H and O–H groups in total. The first kappa shape index (κ1) is 70.5. The average molecular weight is 1230 g/mol. The molecule has 86 heavy (non-hydrogen) atoms. The number of carbonyl (C=O) groups is 8. The lowest BCUT2D eigenvalue weighted by Gasteiger charge is -2.39. The number of hydrogen-bond donors (Lipinski definition) is 6. The SMILES string of the molecule is C#CCOCCOCCOCCOCCC(=O)N(CCOCCNC(=O)O[C@@H]([C@@H]1OC(C(=O)OC)=C[C@H](N=C(N)N)[C@H]1NC(C)=O)[C@H]1COC(=O)O1)CCOCCOCCCC(=O)O[C@@H]([C@@H]1OC(C(=O)OC)=C[C@H](N=C(N)N)[C@H]1C)[C@H]1COC(=O)O1. The largest absolute Gasteiger partial charge is 0.508 e. The van der Waals surface area contributed by atoms with Gasteiger partial charge in [-0.1, -0.05) is 12.8 Å². The lowest BCUT2D eigenvalue weighted by Crippen LogP contribution is -2.61. The van der Waals surface area contributed by atoms with Gasteiger partial charge in [0.05, 0.1) is 118 Å². The molecule has 2 fully saturated rings. The van der Waals surface area contributed by atoms with Crippen molar-refractivity contribution >= 4 is 60.0 Å². The Morgan fingerprint density at radius 2 is 1.14 bits per heavy atom. The average Bonchev–Trinajstić information content (AvgIpc) is 1.84. The van der Waals surface area contributed by atoms with Crippen LogP contribution in [0.15, 0.2) is 33.7 Å². The number of methoxy groups -OCH3 is 2. The Labute approximate surface area is 495 Å². The summed E-state index contributed by atoms with van der Waals surface area (Å²) in [5.74, 6) is -2.88. The predicted octanol–water partition coefficient (Wildman–Crippen LogP) is -2.85. The van der Waals surface area contributed by atoms with Crippen molar-refractivity contribution in [1.82, 2.24) is 15.5 Å². The van der Waals surface area contributed by atoms with Crippen molar-refractivity contribution in [2.75, 3.05) is 140 Å². The Morgan fingerprint density at radius 1 is 0.651 bits per heavy atom. The standard InChI is InChI=1S/C52H79N9O25/c1-6-13-72-19-23-77-25-26-78-24-21-74-15-9-39(63)61(11-17-75-16-10-57-50(67)86-44(38-30-80-52(69)84-38)45-41(58-32(3)62)34(60-49(55)56)28-36(82-45)47(66)71-5)12-18-76-22-20-73-14-7-8-40(64)85-43(37-29-79-51(68)83-37)42-31(2)33(59-48(53)54)27-35(81-42)46(65)70-4/h1,27-28,31,33-34,37-38,41-45H,7-26,29-30H2,2-5H3,(H,57,67)(H,58,62)(H4,53,54,59)(H4,55,56,60)/t31-,33+,34+,37-,38-,41-,42-,43-,44-,45-/m1/s1. The lowest BCUT2D eigenvalue weighted by atomic mass is 9.87. The van der Waals surface area contributed by atoms with Gasteiger partial charge in [0, 0.05) is 45.5 Å². The number of terminal acetylenes is 1. The molecule has 3 amide bonds. The van der Waals surface area contributed by atoms with Crippen LogP contribution >= 0.6 is 0 Å². The molecule has 0 spiro atoms. The van der Waals surface area contributed by atoms with Crippen LogP contribution in [0.4, 0.5) is 14.4 Å². The molecule has 4 rings (SSSR count). The van der Waals surface area contributed by atoms with E-state index in [0.29, 0.717) is 26.4 Å². The van der Waals surface area contributed by atoms with Gasteiger partial charge < -0.3 is 119 Å². The third-order valence-corrected chi connectivity index (χ3v) is 12.5. The number of aliphatic imine (C=N–C) groups is 2. The van der Waals surface area contributed by atoms with Crippen LogP contribution < -0.4 is 33.6 Å². The van der Waals surface area contributed by atoms with Crippen molar-refractivity contribution in [2.24, 2.45) is 38.8 Å². The number of carbonyl (C=O) groups excluding carboxylic acids is 8. The molecule has 0 aliphatic carbocycles. The second kappa shape index (κ2) is 38.9. The highest BCUT2D eigenvalue weighted by Crippen LogP contribution is 2.33. The third-order valence-electron chi connectivity index (χ3n) is 12.5. The lowest BCUT2D eigenvalue weighted by molar-refractivity contribution is -0.172. The highest BCUT2D eigenvalue weighted by atomic mass is 16.8. The van der Waals surface area contributed by atoms with E-state index in [1.54, 1.807) is 6.92 Å². The molecule has 0 radical (unpaired) electrons. The van der Waals surface area contributed by atoms with Gasteiger partial charge in [0.1, 0.15) is 25.9 Å². The van der Waals surface area contributed by atoms with E-state index in [9.17, 15) is 38.4 Å². The van der Waals surface area contributed by atoms with Crippen LogP contribution in [0.25, 0.3) is 0 Å². The number of esters is 3. The molecule has 10 atom stereocenters. The van der Waals surface area contributed by atoms with Crippen molar-refractivity contribution in [2.45, 2.75) is 87.9 Å². The maximum atomic E-state index is 13.4. The zero-order chi connectivity index (χ0) is 62.8. The summed E-state index contributed by atoms with van der Waals surface area (Å²) < 4.78 is 92.2. The van der Waals surface area contributed by atoms with Crippen LogP contribution in [0.1, 0.15) is 33.1 Å². The number of amides is 3. The molecular formula is C52H79N9O25. The Morgan fingerprint density at radius 3 is 1.66 bits per heavy atom. The summed E-state index contributed by atoms with van der Waals surface area (Å²) in [6.07, 6.45) is -2.97. The Balaban J connectivity index is 1.26. The number of alkyl carbamates (subject to hydrolysis) is 1. The molecular weight excluding hydrogens is 1150 g/mol. The van der Waals surface area contributed by atoms with Crippen LogP contribution in [-0.2, 0) is 104 Å². The summed E-state index contributed by atoms with van der Waals surface area (Å²) in [4.78, 5) is 111. The van der Waals surface area contributed by atoms with Gasteiger partial charge in [-0.2, -0.15) is 0 Å². The van der Waals surface area contributed by atoms with Gasteiger partial charge in [-0.3, -0.25) is 14.4 Å².